The monoisotopic (exact) mass is 198 g/mol. The topological polar surface area (TPSA) is 101 Å². The number of carboxylic acids is 1. The van der Waals surface area contributed by atoms with Gasteiger partial charge in [0.1, 0.15) is 0 Å². The van der Waals surface area contributed by atoms with Crippen LogP contribution in [0.4, 0.5) is 5.82 Å². The second kappa shape index (κ2) is 3.86. The maximum atomic E-state index is 10.3. The Morgan fingerprint density at radius 1 is 1.71 bits per heavy atom. The molecule has 14 heavy (non-hydrogen) atoms. The first-order chi connectivity index (χ1) is 6.50. The number of nitrogens with zero attached hydrogens (tertiary/aromatic N) is 3. The van der Waals surface area contributed by atoms with Crippen LogP contribution in [0.15, 0.2) is 6.07 Å². The Balaban J connectivity index is 2.77. The van der Waals surface area contributed by atoms with Crippen molar-refractivity contribution >= 4 is 11.8 Å². The van der Waals surface area contributed by atoms with Crippen molar-refractivity contribution < 1.29 is 14.8 Å². The minimum absolute atomic E-state index is 0.0853. The minimum atomic E-state index is -1.21. The summed E-state index contributed by atoms with van der Waals surface area (Å²) < 4.78 is 1.27. The number of nitro groups is 1. The van der Waals surface area contributed by atoms with Gasteiger partial charge in [0.25, 0.3) is 0 Å². The summed E-state index contributed by atoms with van der Waals surface area (Å²) in [5.74, 6) is -1.48. The molecule has 0 aromatic carbocycles. The van der Waals surface area contributed by atoms with Crippen LogP contribution >= 0.6 is 0 Å². The molecule has 76 valence electrons. The number of carboxylic acid groups (broad SMARTS) is 1. The molecule has 7 heteroatoms. The molecule has 0 spiro atoms. The van der Waals surface area contributed by atoms with Crippen LogP contribution in [0.1, 0.15) is 12.1 Å². The molecule has 0 N–H and O–H groups in total. The van der Waals surface area contributed by atoms with Crippen molar-refractivity contribution in [1.82, 2.24) is 9.78 Å². The lowest BCUT2D eigenvalue weighted by Gasteiger charge is -1.99. The van der Waals surface area contributed by atoms with Crippen molar-refractivity contribution in [1.29, 1.82) is 0 Å². The normalized spacial score (nSPS) is 10.1. The summed E-state index contributed by atoms with van der Waals surface area (Å²) in [7, 11) is 0. The van der Waals surface area contributed by atoms with Gasteiger partial charge in [0, 0.05) is 12.4 Å². The Morgan fingerprint density at radius 2 is 2.36 bits per heavy atom. The maximum absolute atomic E-state index is 10.3. The van der Waals surface area contributed by atoms with Crippen molar-refractivity contribution in [2.45, 2.75) is 19.9 Å². The molecular weight excluding hydrogens is 190 g/mol. The lowest BCUT2D eigenvalue weighted by Crippen LogP contribution is -2.24. The third-order valence-corrected chi connectivity index (χ3v) is 1.68. The van der Waals surface area contributed by atoms with E-state index >= 15 is 0 Å². The van der Waals surface area contributed by atoms with Crippen LogP contribution in [-0.4, -0.2) is 20.7 Å². The molecular formula is C7H8N3O4-. The number of aryl methyl sites for hydroxylation is 2. The standard InChI is InChI=1S/C7H9N3O4/c1-5-4-6(10(13)14)8-9(5)3-2-7(11)12/h4H,2-3H2,1H3,(H,11,12)/p-1. The minimum Gasteiger partial charge on any atom is -0.550 e. The van der Waals surface area contributed by atoms with Crippen LogP contribution in [0, 0.1) is 17.0 Å². The van der Waals surface area contributed by atoms with Crippen molar-refractivity contribution in [3.8, 4) is 0 Å². The molecule has 0 aliphatic heterocycles. The summed E-state index contributed by atoms with van der Waals surface area (Å²) in [5.41, 5.74) is 0.554. The summed E-state index contributed by atoms with van der Waals surface area (Å²) in [6.07, 6.45) is -0.209. The molecule has 0 saturated heterocycles. The summed E-state index contributed by atoms with van der Waals surface area (Å²) >= 11 is 0. The number of aromatic nitrogens is 2. The molecule has 1 aromatic rings. The van der Waals surface area contributed by atoms with Crippen LogP contribution in [-0.2, 0) is 11.3 Å². The van der Waals surface area contributed by atoms with Crippen LogP contribution in [0.5, 0.6) is 0 Å². The molecule has 0 amide bonds. The molecule has 1 rings (SSSR count). The van der Waals surface area contributed by atoms with E-state index in [1.165, 1.54) is 10.7 Å². The van der Waals surface area contributed by atoms with E-state index in [9.17, 15) is 20.0 Å². The Bertz CT molecular complexity index is 371. The Hall–Kier alpha value is -1.92. The smallest absolute Gasteiger partial charge is 0.390 e. The fraction of sp³-hybridized carbons (Fsp3) is 0.429. The van der Waals surface area contributed by atoms with Gasteiger partial charge in [0.15, 0.2) is 0 Å². The van der Waals surface area contributed by atoms with Crippen molar-refractivity contribution in [3.05, 3.63) is 21.9 Å². The highest BCUT2D eigenvalue weighted by molar-refractivity contribution is 5.64. The Morgan fingerprint density at radius 3 is 2.79 bits per heavy atom. The van der Waals surface area contributed by atoms with Crippen molar-refractivity contribution in [2.24, 2.45) is 0 Å². The van der Waals surface area contributed by atoms with E-state index < -0.39 is 10.9 Å². The van der Waals surface area contributed by atoms with E-state index in [1.54, 1.807) is 6.92 Å². The predicted octanol–water partition coefficient (Wildman–Crippen LogP) is -0.760. The molecule has 0 aliphatic carbocycles. The van der Waals surface area contributed by atoms with Crippen molar-refractivity contribution in [3.63, 3.8) is 0 Å². The molecule has 1 heterocycles. The van der Waals surface area contributed by atoms with Gasteiger partial charge in [0.2, 0.25) is 0 Å². The zero-order valence-corrected chi connectivity index (χ0v) is 7.47. The highest BCUT2D eigenvalue weighted by atomic mass is 16.6. The molecule has 0 fully saturated rings. The molecule has 0 saturated carbocycles. The zero-order valence-electron chi connectivity index (χ0n) is 7.47. The fourth-order valence-electron chi connectivity index (χ4n) is 1.01. The molecule has 0 atom stereocenters. The van der Waals surface area contributed by atoms with Gasteiger partial charge in [-0.25, -0.2) is 0 Å². The highest BCUT2D eigenvalue weighted by Crippen LogP contribution is 2.10. The largest absolute Gasteiger partial charge is 0.550 e. The van der Waals surface area contributed by atoms with Gasteiger partial charge < -0.3 is 20.0 Å². The van der Waals surface area contributed by atoms with Gasteiger partial charge in [-0.05, 0) is 11.8 Å². The van der Waals surface area contributed by atoms with Crippen LogP contribution in [0.3, 0.4) is 0 Å². The van der Waals surface area contributed by atoms with Crippen LogP contribution in [0.25, 0.3) is 0 Å². The van der Waals surface area contributed by atoms with Gasteiger partial charge in [-0.1, -0.05) is 0 Å². The van der Waals surface area contributed by atoms with E-state index in [2.05, 4.69) is 5.10 Å². The number of aliphatic carboxylic acids is 1. The predicted molar refractivity (Wildman–Crippen MR) is 43.2 cm³/mol. The van der Waals surface area contributed by atoms with Gasteiger partial charge in [-0.15, -0.1) is 0 Å². The lowest BCUT2D eigenvalue weighted by atomic mass is 10.4. The number of carbonyl (C=O) groups excluding carboxylic acids is 1. The zero-order chi connectivity index (χ0) is 10.7. The maximum Gasteiger partial charge on any atom is 0.390 e. The van der Waals surface area contributed by atoms with E-state index in [0.29, 0.717) is 5.69 Å². The average molecular weight is 198 g/mol. The van der Waals surface area contributed by atoms with Gasteiger partial charge >= 0.3 is 5.82 Å². The number of hydrogen-bond donors (Lipinski definition) is 0. The van der Waals surface area contributed by atoms with E-state index in [0.717, 1.165) is 0 Å². The third-order valence-electron chi connectivity index (χ3n) is 1.68. The second-order valence-corrected chi connectivity index (χ2v) is 2.75. The van der Waals surface area contributed by atoms with Gasteiger partial charge in [-0.2, -0.15) is 4.68 Å². The Kier molecular flexibility index (Phi) is 2.80. The van der Waals surface area contributed by atoms with E-state index in [-0.39, 0.29) is 18.8 Å². The number of rotatable bonds is 4. The molecule has 0 bridgehead atoms. The third kappa shape index (κ3) is 2.28. The SMILES string of the molecule is Cc1cc([N+](=O)[O-])nn1CCC(=O)[O-]. The molecule has 0 aliphatic rings. The second-order valence-electron chi connectivity index (χ2n) is 2.75. The summed E-state index contributed by atoms with van der Waals surface area (Å²) in [5, 5.41) is 24.1. The van der Waals surface area contributed by atoms with Crippen LogP contribution < -0.4 is 5.11 Å². The number of carbonyl (C=O) groups is 1. The van der Waals surface area contributed by atoms with Gasteiger partial charge in [-0.3, -0.25) is 0 Å². The summed E-state index contributed by atoms with van der Waals surface area (Å²) in [6, 6.07) is 1.29. The summed E-state index contributed by atoms with van der Waals surface area (Å²) in [6.45, 7) is 1.71. The van der Waals surface area contributed by atoms with Crippen molar-refractivity contribution in [2.75, 3.05) is 0 Å². The quantitative estimate of drug-likeness (QED) is 0.467. The molecule has 0 unspecified atom stereocenters. The lowest BCUT2D eigenvalue weighted by molar-refractivity contribution is -0.389. The van der Waals surface area contributed by atoms with E-state index in [4.69, 9.17) is 0 Å². The number of hydrogen-bond acceptors (Lipinski definition) is 5. The first-order valence-electron chi connectivity index (χ1n) is 3.89. The molecule has 1 aromatic heterocycles. The molecule has 7 nitrogen and oxygen atoms in total. The molecule has 0 radical (unpaired) electrons. The van der Waals surface area contributed by atoms with Crippen LogP contribution in [0.2, 0.25) is 0 Å². The first kappa shape index (κ1) is 10.2. The Labute approximate surface area is 79.1 Å². The highest BCUT2D eigenvalue weighted by Gasteiger charge is 2.14. The summed E-state index contributed by atoms with van der Waals surface area (Å²) in [4.78, 5) is 19.8. The first-order valence-corrected chi connectivity index (χ1v) is 3.89. The van der Waals surface area contributed by atoms with E-state index in [1.807, 2.05) is 0 Å². The van der Waals surface area contributed by atoms with Gasteiger partial charge in [0.05, 0.1) is 23.4 Å². The fourth-order valence-corrected chi connectivity index (χ4v) is 1.01. The average Bonchev–Trinajstić information content (AvgIpc) is 2.43.